The largest absolute Gasteiger partial charge is 0.479 e. The quantitative estimate of drug-likeness (QED) is 0.755. The van der Waals surface area contributed by atoms with Crippen molar-refractivity contribution in [2.75, 3.05) is 6.79 Å². The second-order valence-electron chi connectivity index (χ2n) is 3.21. The van der Waals surface area contributed by atoms with Gasteiger partial charge in [0.15, 0.2) is 17.6 Å². The minimum atomic E-state index is -1.42. The number of carboxylic acids is 1. The topological polar surface area (TPSA) is 76.0 Å². The number of hydrogen-bond donors (Lipinski definition) is 2. The Kier molecular flexibility index (Phi) is 2.47. The van der Waals surface area contributed by atoms with Crippen molar-refractivity contribution in [3.05, 3.63) is 23.8 Å². The van der Waals surface area contributed by atoms with Crippen LogP contribution in [0.4, 0.5) is 0 Å². The monoisotopic (exact) mass is 210 g/mol. The lowest BCUT2D eigenvalue weighted by molar-refractivity contribution is -0.146. The van der Waals surface area contributed by atoms with Crippen LogP contribution in [0.2, 0.25) is 0 Å². The van der Waals surface area contributed by atoms with Gasteiger partial charge in [0.25, 0.3) is 0 Å². The molecule has 0 fully saturated rings. The third kappa shape index (κ3) is 1.87. The molecule has 0 saturated heterocycles. The summed E-state index contributed by atoms with van der Waals surface area (Å²) in [6.45, 7) is 0.134. The molecule has 0 aromatic heterocycles. The van der Waals surface area contributed by atoms with Crippen molar-refractivity contribution in [3.8, 4) is 11.5 Å². The Morgan fingerprint density at radius 2 is 2.27 bits per heavy atom. The lowest BCUT2D eigenvalue weighted by atomic mass is 10.1. The summed E-state index contributed by atoms with van der Waals surface area (Å²) in [7, 11) is 0. The van der Waals surface area contributed by atoms with E-state index in [4.69, 9.17) is 14.6 Å². The lowest BCUT2D eigenvalue weighted by Gasteiger charge is -2.07. The van der Waals surface area contributed by atoms with Crippen LogP contribution in [0.5, 0.6) is 11.5 Å². The van der Waals surface area contributed by atoms with Crippen molar-refractivity contribution in [2.45, 2.75) is 12.5 Å². The van der Waals surface area contributed by atoms with Crippen LogP contribution in [0, 0.1) is 0 Å². The van der Waals surface area contributed by atoms with E-state index in [9.17, 15) is 9.90 Å². The molecule has 0 spiro atoms. The molecule has 1 atom stereocenters. The van der Waals surface area contributed by atoms with E-state index in [1.165, 1.54) is 0 Å². The molecule has 0 radical (unpaired) electrons. The first-order valence-electron chi connectivity index (χ1n) is 4.47. The first-order valence-corrected chi connectivity index (χ1v) is 4.47. The minimum Gasteiger partial charge on any atom is -0.479 e. The molecule has 1 aromatic carbocycles. The Morgan fingerprint density at radius 1 is 1.47 bits per heavy atom. The summed E-state index contributed by atoms with van der Waals surface area (Å²) in [5.74, 6) is -0.130. The summed E-state index contributed by atoms with van der Waals surface area (Å²) < 4.78 is 10.3. The number of fused-ring (bicyclic) bond motifs is 1. The zero-order valence-electron chi connectivity index (χ0n) is 7.84. The molecule has 2 N–H and O–H groups in total. The van der Waals surface area contributed by atoms with Crippen molar-refractivity contribution >= 4 is 5.97 Å². The first-order chi connectivity index (χ1) is 7.18. The summed E-state index contributed by atoms with van der Waals surface area (Å²) in [5, 5.41) is 17.8. The minimum absolute atomic E-state index is 0.0157. The van der Waals surface area contributed by atoms with Gasteiger partial charge < -0.3 is 19.7 Å². The van der Waals surface area contributed by atoms with Gasteiger partial charge in [-0.25, -0.2) is 4.79 Å². The molecule has 0 bridgehead atoms. The molecule has 0 unspecified atom stereocenters. The third-order valence-corrected chi connectivity index (χ3v) is 2.18. The highest BCUT2D eigenvalue weighted by Gasteiger charge is 2.21. The summed E-state index contributed by atoms with van der Waals surface area (Å²) in [4.78, 5) is 10.5. The molecule has 0 amide bonds. The van der Waals surface area contributed by atoms with Crippen LogP contribution in [-0.2, 0) is 11.2 Å². The van der Waals surface area contributed by atoms with E-state index in [-0.39, 0.29) is 13.2 Å². The number of carboxylic acid groups (broad SMARTS) is 1. The average molecular weight is 210 g/mol. The fourth-order valence-electron chi connectivity index (χ4n) is 1.45. The lowest BCUT2D eigenvalue weighted by Crippen LogP contribution is -2.22. The van der Waals surface area contributed by atoms with Gasteiger partial charge in [-0.3, -0.25) is 0 Å². The number of rotatable bonds is 3. The highest BCUT2D eigenvalue weighted by Crippen LogP contribution is 2.35. The van der Waals surface area contributed by atoms with Crippen molar-refractivity contribution in [2.24, 2.45) is 0 Å². The second kappa shape index (κ2) is 3.78. The molecule has 2 rings (SSSR count). The maximum atomic E-state index is 10.5. The van der Waals surface area contributed by atoms with Crippen LogP contribution in [0.25, 0.3) is 0 Å². The van der Waals surface area contributed by atoms with Crippen molar-refractivity contribution in [1.29, 1.82) is 0 Å². The van der Waals surface area contributed by atoms with Gasteiger partial charge in [-0.05, 0) is 6.07 Å². The van der Waals surface area contributed by atoms with Gasteiger partial charge in [0.2, 0.25) is 6.79 Å². The van der Waals surface area contributed by atoms with E-state index < -0.39 is 12.1 Å². The van der Waals surface area contributed by atoms with Crippen LogP contribution < -0.4 is 9.47 Å². The Balaban J connectivity index is 2.22. The zero-order chi connectivity index (χ0) is 10.8. The maximum absolute atomic E-state index is 10.5. The van der Waals surface area contributed by atoms with Gasteiger partial charge in [0, 0.05) is 12.0 Å². The molecule has 5 heteroatoms. The van der Waals surface area contributed by atoms with Crippen molar-refractivity contribution < 1.29 is 24.5 Å². The van der Waals surface area contributed by atoms with Gasteiger partial charge in [0.1, 0.15) is 0 Å². The number of benzene rings is 1. The number of para-hydroxylation sites is 1. The molecule has 0 saturated carbocycles. The summed E-state index contributed by atoms with van der Waals surface area (Å²) in [6, 6.07) is 5.18. The number of ether oxygens (including phenoxy) is 2. The van der Waals surface area contributed by atoms with Gasteiger partial charge in [0.05, 0.1) is 0 Å². The summed E-state index contributed by atoms with van der Waals surface area (Å²) in [6.07, 6.45) is -1.40. The molecule has 1 aromatic rings. The number of aliphatic hydroxyl groups excluding tert-OH is 1. The molecular weight excluding hydrogens is 200 g/mol. The third-order valence-electron chi connectivity index (χ3n) is 2.18. The zero-order valence-corrected chi connectivity index (χ0v) is 7.84. The number of aliphatic carboxylic acids is 1. The molecule has 5 nitrogen and oxygen atoms in total. The molecule has 1 aliphatic heterocycles. The van der Waals surface area contributed by atoms with E-state index in [1.807, 2.05) is 0 Å². The Hall–Kier alpha value is -1.75. The van der Waals surface area contributed by atoms with Gasteiger partial charge in [-0.15, -0.1) is 0 Å². The molecule has 0 aliphatic carbocycles. The first kappa shape index (κ1) is 9.79. The van der Waals surface area contributed by atoms with E-state index in [0.717, 1.165) is 0 Å². The molecule has 1 aliphatic rings. The molecular formula is C10H10O5. The van der Waals surface area contributed by atoms with E-state index in [1.54, 1.807) is 18.2 Å². The van der Waals surface area contributed by atoms with Crippen molar-refractivity contribution in [3.63, 3.8) is 0 Å². The molecule has 80 valence electrons. The predicted octanol–water partition coefficient (Wildman–Crippen LogP) is 0.403. The summed E-state index contributed by atoms with van der Waals surface area (Å²) >= 11 is 0. The second-order valence-corrected chi connectivity index (χ2v) is 3.21. The predicted molar refractivity (Wildman–Crippen MR) is 49.9 cm³/mol. The van der Waals surface area contributed by atoms with E-state index in [2.05, 4.69) is 0 Å². The highest BCUT2D eigenvalue weighted by atomic mass is 16.7. The van der Waals surface area contributed by atoms with E-state index >= 15 is 0 Å². The van der Waals surface area contributed by atoms with Crippen LogP contribution in [0.1, 0.15) is 5.56 Å². The standard InChI is InChI=1S/C10H10O5/c11-7(10(12)13)4-6-2-1-3-8-9(6)15-5-14-8/h1-3,7,11H,4-5H2,(H,12,13)/t7-/m1/s1. The number of hydrogen-bond acceptors (Lipinski definition) is 4. The van der Waals surface area contributed by atoms with Crippen LogP contribution in [0.15, 0.2) is 18.2 Å². The Labute approximate surface area is 85.9 Å². The normalized spacial score (nSPS) is 15.0. The fourth-order valence-corrected chi connectivity index (χ4v) is 1.45. The summed E-state index contributed by atoms with van der Waals surface area (Å²) in [5.41, 5.74) is 0.639. The number of aliphatic hydroxyl groups is 1. The number of carbonyl (C=O) groups is 1. The highest BCUT2D eigenvalue weighted by molar-refractivity contribution is 5.72. The van der Waals surface area contributed by atoms with Gasteiger partial charge in [-0.1, -0.05) is 12.1 Å². The van der Waals surface area contributed by atoms with Crippen LogP contribution in [0.3, 0.4) is 0 Å². The SMILES string of the molecule is O=C(O)[C@H](O)Cc1cccc2c1OCO2. The van der Waals surface area contributed by atoms with E-state index in [0.29, 0.717) is 17.1 Å². The van der Waals surface area contributed by atoms with Crippen LogP contribution in [-0.4, -0.2) is 29.1 Å². The van der Waals surface area contributed by atoms with Gasteiger partial charge >= 0.3 is 5.97 Å². The molecule has 1 heterocycles. The fraction of sp³-hybridized carbons (Fsp3) is 0.300. The van der Waals surface area contributed by atoms with Crippen LogP contribution >= 0.6 is 0 Å². The maximum Gasteiger partial charge on any atom is 0.332 e. The average Bonchev–Trinajstić information content (AvgIpc) is 2.66. The smallest absolute Gasteiger partial charge is 0.332 e. The van der Waals surface area contributed by atoms with Gasteiger partial charge in [-0.2, -0.15) is 0 Å². The Morgan fingerprint density at radius 3 is 3.00 bits per heavy atom. The Bertz CT molecular complexity index is 387. The molecule has 15 heavy (non-hydrogen) atoms. The van der Waals surface area contributed by atoms with Crippen molar-refractivity contribution in [1.82, 2.24) is 0 Å².